The lowest BCUT2D eigenvalue weighted by Crippen LogP contribution is -2.26. The first kappa shape index (κ1) is 17.3. The molecule has 0 bridgehead atoms. The first-order valence-electron chi connectivity index (χ1n) is 8.12. The van der Waals surface area contributed by atoms with Crippen LogP contribution in [0.4, 0.5) is 0 Å². The first-order valence-corrected chi connectivity index (χ1v) is 8.12. The van der Waals surface area contributed by atoms with Gasteiger partial charge in [0.05, 0.1) is 18.1 Å². The highest BCUT2D eigenvalue weighted by Crippen LogP contribution is 2.42. The molecule has 3 N–H and O–H groups in total. The van der Waals surface area contributed by atoms with Crippen LogP contribution in [0.15, 0.2) is 59.4 Å². The number of esters is 1. The highest BCUT2D eigenvalue weighted by Gasteiger charge is 2.37. The van der Waals surface area contributed by atoms with Gasteiger partial charge in [-0.3, -0.25) is 0 Å². The molecule has 0 radical (unpaired) electrons. The summed E-state index contributed by atoms with van der Waals surface area (Å²) in [5.41, 5.74) is 7.84. The normalized spacial score (nSPS) is 16.9. The molecule has 2 aromatic rings. The van der Waals surface area contributed by atoms with E-state index in [1.54, 1.807) is 26.2 Å². The van der Waals surface area contributed by atoms with Crippen LogP contribution in [0.2, 0.25) is 0 Å². The van der Waals surface area contributed by atoms with E-state index in [9.17, 15) is 10.1 Å². The van der Waals surface area contributed by atoms with Crippen molar-refractivity contribution < 1.29 is 14.3 Å². The highest BCUT2D eigenvalue weighted by atomic mass is 16.5. The molecule has 1 unspecified atom stereocenters. The number of benzene rings is 1. The second kappa shape index (κ2) is 7.15. The molecule has 1 atom stereocenters. The summed E-state index contributed by atoms with van der Waals surface area (Å²) in [5.74, 6) is -0.307. The number of aromatic nitrogens is 2. The molecule has 7 heteroatoms. The molecule has 132 valence electrons. The summed E-state index contributed by atoms with van der Waals surface area (Å²) in [4.78, 5) is 19.9. The van der Waals surface area contributed by atoms with Gasteiger partial charge < -0.3 is 20.2 Å². The maximum Gasteiger partial charge on any atom is 0.338 e. The summed E-state index contributed by atoms with van der Waals surface area (Å²) in [7, 11) is 0. The monoisotopic (exact) mass is 350 g/mol. The zero-order valence-corrected chi connectivity index (χ0v) is 14.4. The minimum atomic E-state index is -0.700. The van der Waals surface area contributed by atoms with E-state index in [1.165, 1.54) is 0 Å². The quantitative estimate of drug-likeness (QED) is 0.820. The summed E-state index contributed by atoms with van der Waals surface area (Å²) in [5, 5.41) is 9.66. The van der Waals surface area contributed by atoms with Gasteiger partial charge in [-0.25, -0.2) is 9.78 Å². The number of aromatic amines is 1. The zero-order valence-electron chi connectivity index (χ0n) is 14.4. The summed E-state index contributed by atoms with van der Waals surface area (Å²) < 4.78 is 10.6. The van der Waals surface area contributed by atoms with Crippen LogP contribution in [0.1, 0.15) is 25.3 Å². The third-order valence-corrected chi connectivity index (χ3v) is 4.13. The Morgan fingerprint density at radius 3 is 2.88 bits per heavy atom. The zero-order chi connectivity index (χ0) is 18.7. The maximum absolute atomic E-state index is 12.6. The molecule has 26 heavy (non-hydrogen) atoms. The van der Waals surface area contributed by atoms with E-state index in [1.807, 2.05) is 24.3 Å². The van der Waals surface area contributed by atoms with Gasteiger partial charge in [0.1, 0.15) is 23.2 Å². The van der Waals surface area contributed by atoms with Crippen molar-refractivity contribution in [3.05, 3.63) is 65.0 Å². The summed E-state index contributed by atoms with van der Waals surface area (Å²) in [6.07, 6.45) is 3.34. The second-order valence-electron chi connectivity index (χ2n) is 5.64. The number of ether oxygens (including phenoxy) is 2. The van der Waals surface area contributed by atoms with Gasteiger partial charge in [0.15, 0.2) is 0 Å². The molecular weight excluding hydrogens is 332 g/mol. The SMILES string of the molecule is CCOC(=O)C1=C(C)OC(N)=C(C#N)C1c1ccccc1-c1ncc[nH]1. The number of carbonyl (C=O) groups is 1. The number of nitriles is 1. The molecule has 1 aliphatic heterocycles. The Bertz CT molecular complexity index is 936. The number of H-pyrrole nitrogens is 1. The van der Waals surface area contributed by atoms with Gasteiger partial charge in [-0.1, -0.05) is 24.3 Å². The first-order chi connectivity index (χ1) is 12.6. The number of carbonyl (C=O) groups excluding carboxylic acids is 1. The Labute approximate surface area is 150 Å². The van der Waals surface area contributed by atoms with E-state index >= 15 is 0 Å². The predicted molar refractivity (Wildman–Crippen MR) is 94.0 cm³/mol. The van der Waals surface area contributed by atoms with Crippen molar-refractivity contribution >= 4 is 5.97 Å². The van der Waals surface area contributed by atoms with Crippen molar-refractivity contribution in [2.24, 2.45) is 5.73 Å². The second-order valence-corrected chi connectivity index (χ2v) is 5.64. The molecule has 0 spiro atoms. The lowest BCUT2D eigenvalue weighted by Gasteiger charge is -2.27. The Kier molecular flexibility index (Phi) is 4.76. The summed E-state index contributed by atoms with van der Waals surface area (Å²) >= 11 is 0. The molecule has 1 aromatic carbocycles. The van der Waals surface area contributed by atoms with Crippen molar-refractivity contribution in [1.82, 2.24) is 9.97 Å². The minimum Gasteiger partial charge on any atom is -0.463 e. The number of allylic oxidation sites excluding steroid dienone is 2. The number of hydrogen-bond donors (Lipinski definition) is 2. The van der Waals surface area contributed by atoms with Gasteiger partial charge in [0, 0.05) is 18.0 Å². The summed E-state index contributed by atoms with van der Waals surface area (Å²) in [6.45, 7) is 3.57. The molecule has 0 saturated heterocycles. The maximum atomic E-state index is 12.6. The van der Waals surface area contributed by atoms with Gasteiger partial charge >= 0.3 is 5.97 Å². The van der Waals surface area contributed by atoms with Crippen molar-refractivity contribution in [2.45, 2.75) is 19.8 Å². The van der Waals surface area contributed by atoms with Gasteiger partial charge in [0.25, 0.3) is 0 Å². The van der Waals surface area contributed by atoms with Crippen LogP contribution in [0.5, 0.6) is 0 Å². The number of rotatable bonds is 4. The Morgan fingerprint density at radius 1 is 1.46 bits per heavy atom. The van der Waals surface area contributed by atoms with E-state index < -0.39 is 11.9 Å². The van der Waals surface area contributed by atoms with E-state index in [0.29, 0.717) is 17.1 Å². The largest absolute Gasteiger partial charge is 0.463 e. The standard InChI is InChI=1S/C19H18N4O3/c1-3-25-19(24)15-11(2)26-17(21)14(10-20)16(15)12-6-4-5-7-13(12)18-22-8-9-23-18/h4-9,16H,3,21H2,1-2H3,(H,22,23). The Balaban J connectivity index is 2.23. The fourth-order valence-corrected chi connectivity index (χ4v) is 3.04. The van der Waals surface area contributed by atoms with E-state index in [0.717, 1.165) is 5.56 Å². The van der Waals surface area contributed by atoms with E-state index in [2.05, 4.69) is 16.0 Å². The van der Waals surface area contributed by atoms with Crippen molar-refractivity contribution in [1.29, 1.82) is 5.26 Å². The lowest BCUT2D eigenvalue weighted by atomic mass is 9.81. The van der Waals surface area contributed by atoms with Crippen molar-refractivity contribution in [2.75, 3.05) is 6.61 Å². The van der Waals surface area contributed by atoms with Gasteiger partial charge in [-0.05, 0) is 19.4 Å². The molecular formula is C19H18N4O3. The van der Waals surface area contributed by atoms with Crippen LogP contribution in [-0.4, -0.2) is 22.5 Å². The number of imidazole rings is 1. The average molecular weight is 350 g/mol. The van der Waals surface area contributed by atoms with Crippen LogP contribution in [0, 0.1) is 11.3 Å². The van der Waals surface area contributed by atoms with Gasteiger partial charge in [0.2, 0.25) is 5.88 Å². The molecule has 0 amide bonds. The number of nitrogens with zero attached hydrogens (tertiary/aromatic N) is 2. The van der Waals surface area contributed by atoms with Crippen LogP contribution >= 0.6 is 0 Å². The fraction of sp³-hybridized carbons (Fsp3) is 0.211. The molecule has 0 saturated carbocycles. The molecule has 7 nitrogen and oxygen atoms in total. The molecule has 0 aliphatic carbocycles. The lowest BCUT2D eigenvalue weighted by molar-refractivity contribution is -0.139. The van der Waals surface area contributed by atoms with Crippen molar-refractivity contribution in [3.8, 4) is 17.5 Å². The van der Waals surface area contributed by atoms with Crippen LogP contribution in [-0.2, 0) is 14.3 Å². The van der Waals surface area contributed by atoms with Crippen LogP contribution in [0.3, 0.4) is 0 Å². The van der Waals surface area contributed by atoms with Crippen molar-refractivity contribution in [3.63, 3.8) is 0 Å². The molecule has 3 rings (SSSR count). The van der Waals surface area contributed by atoms with Crippen LogP contribution in [0.25, 0.3) is 11.4 Å². The topological polar surface area (TPSA) is 114 Å². The van der Waals surface area contributed by atoms with Gasteiger partial charge in [-0.2, -0.15) is 5.26 Å². The summed E-state index contributed by atoms with van der Waals surface area (Å²) in [6, 6.07) is 9.48. The average Bonchev–Trinajstić information content (AvgIpc) is 3.15. The molecule has 0 fully saturated rings. The highest BCUT2D eigenvalue weighted by molar-refractivity contribution is 5.93. The molecule has 1 aliphatic rings. The number of nitrogens with one attached hydrogen (secondary N) is 1. The smallest absolute Gasteiger partial charge is 0.338 e. The molecule has 2 heterocycles. The Morgan fingerprint density at radius 2 is 2.23 bits per heavy atom. The number of hydrogen-bond acceptors (Lipinski definition) is 6. The van der Waals surface area contributed by atoms with E-state index in [-0.39, 0.29) is 23.6 Å². The van der Waals surface area contributed by atoms with Crippen LogP contribution < -0.4 is 5.73 Å². The number of nitrogens with two attached hydrogens (primary N) is 1. The third kappa shape index (κ3) is 2.93. The predicted octanol–water partition coefficient (Wildman–Crippen LogP) is 2.72. The molecule has 1 aromatic heterocycles. The Hall–Kier alpha value is -3.53. The fourth-order valence-electron chi connectivity index (χ4n) is 3.04. The van der Waals surface area contributed by atoms with E-state index in [4.69, 9.17) is 15.2 Å². The third-order valence-electron chi connectivity index (χ3n) is 4.13. The minimum absolute atomic E-state index is 0.0164. The van der Waals surface area contributed by atoms with Gasteiger partial charge in [-0.15, -0.1) is 0 Å².